The fourth-order valence-corrected chi connectivity index (χ4v) is 2.72. The van der Waals surface area contributed by atoms with Gasteiger partial charge in [0.1, 0.15) is 5.56 Å². The number of hydrogen-bond acceptors (Lipinski definition) is 5. The normalized spacial score (nSPS) is 10.9. The van der Waals surface area contributed by atoms with Crippen molar-refractivity contribution in [2.45, 2.75) is 4.90 Å². The molecular weight excluding hydrogens is 296 g/mol. The molecule has 1 aromatic carbocycles. The van der Waals surface area contributed by atoms with Crippen molar-refractivity contribution in [3.8, 4) is 6.07 Å². The van der Waals surface area contributed by atoms with E-state index in [2.05, 4.69) is 9.82 Å². The molecular formula is C12H10N4O4S. The van der Waals surface area contributed by atoms with Crippen LogP contribution in [0.15, 0.2) is 35.4 Å². The Labute approximate surface area is 120 Å². The first-order valence-electron chi connectivity index (χ1n) is 5.63. The number of nitriles is 1. The lowest BCUT2D eigenvalue weighted by Gasteiger charge is -2.09. The Balaban J connectivity index is 2.40. The van der Waals surface area contributed by atoms with Crippen molar-refractivity contribution in [3.05, 3.63) is 41.6 Å². The van der Waals surface area contributed by atoms with Gasteiger partial charge in [-0.05, 0) is 24.3 Å². The van der Waals surface area contributed by atoms with Crippen LogP contribution in [0.4, 0.5) is 5.82 Å². The molecule has 108 valence electrons. The van der Waals surface area contributed by atoms with Gasteiger partial charge >= 0.3 is 5.97 Å². The summed E-state index contributed by atoms with van der Waals surface area (Å²) in [6.07, 6.45) is 1.05. The van der Waals surface area contributed by atoms with Gasteiger partial charge in [-0.15, -0.1) is 0 Å². The van der Waals surface area contributed by atoms with Crippen LogP contribution in [0, 0.1) is 11.3 Å². The molecule has 0 unspecified atom stereocenters. The van der Waals surface area contributed by atoms with Gasteiger partial charge in [0, 0.05) is 7.05 Å². The molecule has 21 heavy (non-hydrogen) atoms. The summed E-state index contributed by atoms with van der Waals surface area (Å²) in [5, 5.41) is 21.4. The zero-order valence-electron chi connectivity index (χ0n) is 10.8. The quantitative estimate of drug-likeness (QED) is 0.860. The van der Waals surface area contributed by atoms with Gasteiger partial charge in [0.2, 0.25) is 0 Å². The van der Waals surface area contributed by atoms with Crippen molar-refractivity contribution in [2.75, 3.05) is 4.72 Å². The number of aromatic carboxylic acids is 1. The fraction of sp³-hybridized carbons (Fsp3) is 0.0833. The highest BCUT2D eigenvalue weighted by molar-refractivity contribution is 7.92. The predicted octanol–water partition coefficient (Wildman–Crippen LogP) is 0.791. The Kier molecular flexibility index (Phi) is 3.64. The van der Waals surface area contributed by atoms with Gasteiger partial charge in [-0.1, -0.05) is 0 Å². The summed E-state index contributed by atoms with van der Waals surface area (Å²) in [6, 6.07) is 7.11. The average Bonchev–Trinajstić information content (AvgIpc) is 2.80. The minimum atomic E-state index is -3.97. The summed E-state index contributed by atoms with van der Waals surface area (Å²) in [4.78, 5) is 10.9. The van der Waals surface area contributed by atoms with Crippen LogP contribution in [-0.4, -0.2) is 29.3 Å². The number of anilines is 1. The van der Waals surface area contributed by atoms with Crippen molar-refractivity contribution in [2.24, 2.45) is 7.05 Å². The van der Waals surface area contributed by atoms with Gasteiger partial charge in [-0.2, -0.15) is 10.4 Å². The van der Waals surface area contributed by atoms with Crippen molar-refractivity contribution in [1.29, 1.82) is 5.26 Å². The maximum absolute atomic E-state index is 12.2. The number of aryl methyl sites for hydroxylation is 1. The highest BCUT2D eigenvalue weighted by atomic mass is 32.2. The molecule has 0 amide bonds. The second kappa shape index (κ2) is 5.26. The number of hydrogen-bond donors (Lipinski definition) is 2. The first kappa shape index (κ1) is 14.5. The van der Waals surface area contributed by atoms with E-state index < -0.39 is 16.0 Å². The van der Waals surface area contributed by atoms with Gasteiger partial charge in [-0.3, -0.25) is 9.40 Å². The van der Waals surface area contributed by atoms with E-state index >= 15 is 0 Å². The van der Waals surface area contributed by atoms with Crippen LogP contribution in [0.2, 0.25) is 0 Å². The van der Waals surface area contributed by atoms with Gasteiger partial charge in [0.05, 0.1) is 22.7 Å². The topological polar surface area (TPSA) is 125 Å². The summed E-state index contributed by atoms with van der Waals surface area (Å²) in [7, 11) is -2.55. The zero-order valence-corrected chi connectivity index (χ0v) is 11.6. The van der Waals surface area contributed by atoms with E-state index in [9.17, 15) is 13.2 Å². The van der Waals surface area contributed by atoms with Crippen molar-refractivity contribution in [1.82, 2.24) is 9.78 Å². The first-order chi connectivity index (χ1) is 9.85. The van der Waals surface area contributed by atoms with Crippen LogP contribution < -0.4 is 4.72 Å². The molecule has 2 aromatic rings. The maximum Gasteiger partial charge on any atom is 0.341 e. The average molecular weight is 306 g/mol. The third-order valence-electron chi connectivity index (χ3n) is 2.69. The Morgan fingerprint density at radius 1 is 1.38 bits per heavy atom. The SMILES string of the molecule is Cn1ncc(C(=O)O)c1NS(=O)(=O)c1ccc(C#N)cc1. The van der Waals surface area contributed by atoms with E-state index in [1.807, 2.05) is 6.07 Å². The number of carboxylic acids is 1. The van der Waals surface area contributed by atoms with E-state index in [0.717, 1.165) is 10.9 Å². The number of benzene rings is 1. The summed E-state index contributed by atoms with van der Waals surface area (Å²) >= 11 is 0. The number of carboxylic acid groups (broad SMARTS) is 1. The lowest BCUT2D eigenvalue weighted by atomic mass is 10.2. The predicted molar refractivity (Wildman–Crippen MR) is 72.1 cm³/mol. The zero-order chi connectivity index (χ0) is 15.6. The maximum atomic E-state index is 12.2. The van der Waals surface area contributed by atoms with Gasteiger partial charge < -0.3 is 5.11 Å². The molecule has 0 saturated heterocycles. The molecule has 0 aliphatic heterocycles. The molecule has 0 aliphatic rings. The molecule has 0 radical (unpaired) electrons. The molecule has 0 aliphatic carbocycles. The lowest BCUT2D eigenvalue weighted by molar-refractivity contribution is 0.0698. The second-order valence-corrected chi connectivity index (χ2v) is 5.76. The summed E-state index contributed by atoms with van der Waals surface area (Å²) in [6.45, 7) is 0. The Bertz CT molecular complexity index is 831. The molecule has 0 atom stereocenters. The fourth-order valence-electron chi connectivity index (χ4n) is 1.61. The smallest absolute Gasteiger partial charge is 0.341 e. The van der Waals surface area contributed by atoms with Crippen LogP contribution in [0.5, 0.6) is 0 Å². The summed E-state index contributed by atoms with van der Waals surface area (Å²) in [5.41, 5.74) is 0.0652. The van der Waals surface area contributed by atoms with Crippen molar-refractivity contribution in [3.63, 3.8) is 0 Å². The molecule has 8 nitrogen and oxygen atoms in total. The number of aromatic nitrogens is 2. The van der Waals surface area contributed by atoms with Crippen LogP contribution >= 0.6 is 0 Å². The van der Waals surface area contributed by atoms with Gasteiger partial charge in [0.15, 0.2) is 5.82 Å². The molecule has 2 rings (SSSR count). The second-order valence-electron chi connectivity index (χ2n) is 4.08. The number of nitrogens with zero attached hydrogens (tertiary/aromatic N) is 3. The van der Waals surface area contributed by atoms with Crippen LogP contribution in [-0.2, 0) is 17.1 Å². The summed E-state index contributed by atoms with van der Waals surface area (Å²) in [5.74, 6) is -1.44. The third kappa shape index (κ3) is 2.85. The number of carbonyl (C=O) groups is 1. The Hall–Kier alpha value is -2.86. The van der Waals surface area contributed by atoms with E-state index in [0.29, 0.717) is 5.56 Å². The molecule has 0 bridgehead atoms. The van der Waals surface area contributed by atoms with Gasteiger partial charge in [-0.25, -0.2) is 13.2 Å². The van der Waals surface area contributed by atoms with E-state index in [1.165, 1.54) is 31.3 Å². The Morgan fingerprint density at radius 2 is 2.00 bits per heavy atom. The summed E-state index contributed by atoms with van der Waals surface area (Å²) < 4.78 is 27.7. The van der Waals surface area contributed by atoms with Crippen molar-refractivity contribution < 1.29 is 18.3 Å². The minimum Gasteiger partial charge on any atom is -0.477 e. The standard InChI is InChI=1S/C12H10N4O4S/c1-16-11(10(7-14-16)12(17)18)15-21(19,20)9-4-2-8(6-13)3-5-9/h2-5,7,15H,1H3,(H,17,18). The number of nitrogens with one attached hydrogen (secondary N) is 1. The molecule has 1 aromatic heterocycles. The van der Waals surface area contributed by atoms with Crippen LogP contribution in [0.1, 0.15) is 15.9 Å². The molecule has 0 fully saturated rings. The molecule has 2 N–H and O–H groups in total. The highest BCUT2D eigenvalue weighted by Crippen LogP contribution is 2.19. The molecule has 0 saturated carbocycles. The number of rotatable bonds is 4. The molecule has 0 spiro atoms. The largest absolute Gasteiger partial charge is 0.477 e. The number of sulfonamides is 1. The van der Waals surface area contributed by atoms with E-state index in [-0.39, 0.29) is 16.3 Å². The van der Waals surface area contributed by atoms with Crippen molar-refractivity contribution >= 4 is 21.8 Å². The lowest BCUT2D eigenvalue weighted by Crippen LogP contribution is -2.17. The Morgan fingerprint density at radius 3 is 2.52 bits per heavy atom. The first-order valence-corrected chi connectivity index (χ1v) is 7.12. The highest BCUT2D eigenvalue weighted by Gasteiger charge is 2.21. The van der Waals surface area contributed by atoms with Crippen LogP contribution in [0.25, 0.3) is 0 Å². The van der Waals surface area contributed by atoms with Crippen LogP contribution in [0.3, 0.4) is 0 Å². The third-order valence-corrected chi connectivity index (χ3v) is 4.05. The molecule has 1 heterocycles. The minimum absolute atomic E-state index is 0.0842. The molecule has 9 heteroatoms. The van der Waals surface area contributed by atoms with E-state index in [4.69, 9.17) is 10.4 Å². The van der Waals surface area contributed by atoms with E-state index in [1.54, 1.807) is 0 Å². The van der Waals surface area contributed by atoms with Gasteiger partial charge in [0.25, 0.3) is 10.0 Å². The monoisotopic (exact) mass is 306 g/mol.